The van der Waals surface area contributed by atoms with Gasteiger partial charge in [0.25, 0.3) is 0 Å². The minimum absolute atomic E-state index is 0.906. The maximum Gasteiger partial charge on any atom is 0.0931 e. The second-order valence-electron chi connectivity index (χ2n) is 5.03. The summed E-state index contributed by atoms with van der Waals surface area (Å²) in [5, 5.41) is 0. The average molecular weight is 287 g/mol. The van der Waals surface area contributed by atoms with Gasteiger partial charge in [-0.2, -0.15) is 0 Å². The molecule has 1 aliphatic rings. The number of piperazine rings is 1. The molecule has 0 aliphatic carbocycles. The van der Waals surface area contributed by atoms with E-state index in [1.807, 2.05) is 6.07 Å². The van der Waals surface area contributed by atoms with Crippen LogP contribution in [0, 0.1) is 0 Å². The largest absolute Gasteiger partial charge is 0.301 e. The summed E-state index contributed by atoms with van der Waals surface area (Å²) in [6.45, 7) is 9.46. The lowest BCUT2D eigenvalue weighted by Gasteiger charge is -2.34. The number of hydrogen-bond donors (Lipinski definition) is 0. The molecule has 2 heterocycles. The summed E-state index contributed by atoms with van der Waals surface area (Å²) in [5.41, 5.74) is 0. The van der Waals surface area contributed by atoms with Gasteiger partial charge < -0.3 is 4.90 Å². The molecular formula is C14H23ClN2S. The van der Waals surface area contributed by atoms with Gasteiger partial charge in [-0.3, -0.25) is 4.90 Å². The van der Waals surface area contributed by atoms with Crippen LogP contribution in [0.5, 0.6) is 0 Å². The number of thiophene rings is 1. The normalized spacial score (nSPS) is 18.3. The van der Waals surface area contributed by atoms with Gasteiger partial charge in [0.05, 0.1) is 4.34 Å². The molecule has 0 spiro atoms. The fourth-order valence-corrected chi connectivity index (χ4v) is 3.54. The molecule has 0 aromatic carbocycles. The van der Waals surface area contributed by atoms with Crippen molar-refractivity contribution in [3.63, 3.8) is 0 Å². The van der Waals surface area contributed by atoms with Crippen molar-refractivity contribution in [1.29, 1.82) is 0 Å². The highest BCUT2D eigenvalue weighted by Gasteiger charge is 2.16. The Morgan fingerprint density at radius 1 is 1.11 bits per heavy atom. The minimum atomic E-state index is 0.906. The Morgan fingerprint density at radius 3 is 2.44 bits per heavy atom. The molecule has 0 unspecified atom stereocenters. The fourth-order valence-electron chi connectivity index (χ4n) is 2.41. The predicted molar refractivity (Wildman–Crippen MR) is 80.6 cm³/mol. The van der Waals surface area contributed by atoms with Crippen molar-refractivity contribution in [1.82, 2.24) is 9.80 Å². The lowest BCUT2D eigenvalue weighted by atomic mass is 10.2. The van der Waals surface area contributed by atoms with E-state index in [9.17, 15) is 0 Å². The van der Waals surface area contributed by atoms with E-state index >= 15 is 0 Å². The molecule has 1 aromatic heterocycles. The van der Waals surface area contributed by atoms with Crippen molar-refractivity contribution in [2.24, 2.45) is 0 Å². The van der Waals surface area contributed by atoms with Crippen molar-refractivity contribution in [2.75, 3.05) is 32.7 Å². The highest BCUT2D eigenvalue weighted by molar-refractivity contribution is 7.16. The first kappa shape index (κ1) is 14.3. The molecule has 4 heteroatoms. The third-order valence-corrected chi connectivity index (χ3v) is 4.77. The smallest absolute Gasteiger partial charge is 0.0931 e. The van der Waals surface area contributed by atoms with Crippen molar-refractivity contribution in [3.05, 3.63) is 21.3 Å². The van der Waals surface area contributed by atoms with Gasteiger partial charge in [0.15, 0.2) is 0 Å². The van der Waals surface area contributed by atoms with E-state index < -0.39 is 0 Å². The van der Waals surface area contributed by atoms with Gasteiger partial charge in [-0.25, -0.2) is 0 Å². The maximum absolute atomic E-state index is 5.96. The SMILES string of the molecule is CCCCCN1CCN(Cc2ccc(Cl)s2)CC1. The molecule has 2 nitrogen and oxygen atoms in total. The number of hydrogen-bond acceptors (Lipinski definition) is 3. The van der Waals surface area contributed by atoms with E-state index in [2.05, 4.69) is 22.8 Å². The molecule has 1 aromatic rings. The summed E-state index contributed by atoms with van der Waals surface area (Å²) in [5.74, 6) is 0. The van der Waals surface area contributed by atoms with Crippen LogP contribution in [0.1, 0.15) is 31.1 Å². The van der Waals surface area contributed by atoms with Crippen molar-refractivity contribution >= 4 is 22.9 Å². The Morgan fingerprint density at radius 2 is 1.83 bits per heavy atom. The van der Waals surface area contributed by atoms with Crippen molar-refractivity contribution in [2.45, 2.75) is 32.7 Å². The van der Waals surface area contributed by atoms with Gasteiger partial charge in [0.2, 0.25) is 0 Å². The molecule has 0 radical (unpaired) electrons. The van der Waals surface area contributed by atoms with E-state index in [1.54, 1.807) is 11.3 Å². The Balaban J connectivity index is 1.67. The molecule has 0 saturated carbocycles. The molecule has 102 valence electrons. The van der Waals surface area contributed by atoms with E-state index in [4.69, 9.17) is 11.6 Å². The standard InChI is InChI=1S/C14H23ClN2S/c1-2-3-4-7-16-8-10-17(11-9-16)12-13-5-6-14(15)18-13/h5-6H,2-4,7-12H2,1H3. The lowest BCUT2D eigenvalue weighted by molar-refractivity contribution is 0.126. The number of halogens is 1. The third kappa shape index (κ3) is 4.54. The highest BCUT2D eigenvalue weighted by atomic mass is 35.5. The summed E-state index contributed by atoms with van der Waals surface area (Å²) in [7, 11) is 0. The van der Waals surface area contributed by atoms with Crippen LogP contribution in [0.2, 0.25) is 4.34 Å². The summed E-state index contributed by atoms with van der Waals surface area (Å²) in [6.07, 6.45) is 4.05. The Bertz CT molecular complexity index is 345. The van der Waals surface area contributed by atoms with Crippen LogP contribution < -0.4 is 0 Å². The van der Waals surface area contributed by atoms with E-state index in [0.717, 1.165) is 10.9 Å². The number of rotatable bonds is 6. The van der Waals surface area contributed by atoms with Gasteiger partial charge in [-0.15, -0.1) is 11.3 Å². The van der Waals surface area contributed by atoms with Crippen LogP contribution in [0.25, 0.3) is 0 Å². The zero-order valence-corrected chi connectivity index (χ0v) is 12.8. The van der Waals surface area contributed by atoms with Crippen molar-refractivity contribution < 1.29 is 0 Å². The minimum Gasteiger partial charge on any atom is -0.301 e. The monoisotopic (exact) mass is 286 g/mol. The fraction of sp³-hybridized carbons (Fsp3) is 0.714. The molecule has 0 amide bonds. The average Bonchev–Trinajstić information content (AvgIpc) is 2.77. The van der Waals surface area contributed by atoms with Gasteiger partial charge in [0.1, 0.15) is 0 Å². The lowest BCUT2D eigenvalue weighted by Crippen LogP contribution is -2.45. The maximum atomic E-state index is 5.96. The molecule has 18 heavy (non-hydrogen) atoms. The zero-order chi connectivity index (χ0) is 12.8. The Hall–Kier alpha value is -0.0900. The van der Waals surface area contributed by atoms with E-state index in [-0.39, 0.29) is 0 Å². The van der Waals surface area contributed by atoms with E-state index in [1.165, 1.54) is 56.9 Å². The van der Waals surface area contributed by atoms with Crippen LogP contribution in [-0.4, -0.2) is 42.5 Å². The summed E-state index contributed by atoms with van der Waals surface area (Å²) in [6, 6.07) is 4.16. The molecular weight excluding hydrogens is 264 g/mol. The first-order valence-corrected chi connectivity index (χ1v) is 8.16. The molecule has 1 aliphatic heterocycles. The molecule has 0 atom stereocenters. The molecule has 0 bridgehead atoms. The van der Waals surface area contributed by atoms with Crippen LogP contribution >= 0.6 is 22.9 Å². The first-order valence-electron chi connectivity index (χ1n) is 6.97. The topological polar surface area (TPSA) is 6.48 Å². The second kappa shape index (κ2) is 7.49. The highest BCUT2D eigenvalue weighted by Crippen LogP contribution is 2.23. The first-order chi connectivity index (χ1) is 8.78. The summed E-state index contributed by atoms with van der Waals surface area (Å²) >= 11 is 7.67. The van der Waals surface area contributed by atoms with Crippen LogP contribution in [-0.2, 0) is 6.54 Å². The molecule has 1 saturated heterocycles. The molecule has 0 N–H and O–H groups in total. The summed E-state index contributed by atoms with van der Waals surface area (Å²) < 4.78 is 0.906. The quantitative estimate of drug-likeness (QED) is 0.736. The van der Waals surface area contributed by atoms with Gasteiger partial charge in [-0.1, -0.05) is 31.4 Å². The molecule has 2 rings (SSSR count). The Kier molecular flexibility index (Phi) is 5.96. The van der Waals surface area contributed by atoms with Gasteiger partial charge in [0, 0.05) is 37.6 Å². The molecule has 1 fully saturated rings. The van der Waals surface area contributed by atoms with Crippen LogP contribution in [0.4, 0.5) is 0 Å². The van der Waals surface area contributed by atoms with Gasteiger partial charge in [-0.05, 0) is 25.1 Å². The van der Waals surface area contributed by atoms with Crippen LogP contribution in [0.15, 0.2) is 12.1 Å². The summed E-state index contributed by atoms with van der Waals surface area (Å²) in [4.78, 5) is 6.53. The number of nitrogens with zero attached hydrogens (tertiary/aromatic N) is 2. The zero-order valence-electron chi connectivity index (χ0n) is 11.2. The van der Waals surface area contributed by atoms with Gasteiger partial charge >= 0.3 is 0 Å². The third-order valence-electron chi connectivity index (χ3n) is 3.55. The van der Waals surface area contributed by atoms with E-state index in [0.29, 0.717) is 0 Å². The van der Waals surface area contributed by atoms with Crippen molar-refractivity contribution in [3.8, 4) is 0 Å². The second-order valence-corrected chi connectivity index (χ2v) is 6.83. The van der Waals surface area contributed by atoms with Crippen LogP contribution in [0.3, 0.4) is 0 Å². The predicted octanol–water partition coefficient (Wildman–Crippen LogP) is 3.71. The number of unbranched alkanes of at least 4 members (excludes halogenated alkanes) is 2. The Labute approximate surface area is 120 Å².